The van der Waals surface area contributed by atoms with Gasteiger partial charge in [0.05, 0.1) is 19.0 Å². The Hall–Kier alpha value is -2.30. The van der Waals surface area contributed by atoms with Crippen molar-refractivity contribution in [1.82, 2.24) is 19.2 Å². The summed E-state index contributed by atoms with van der Waals surface area (Å²) in [6, 6.07) is 3.83. The molecule has 5 nitrogen and oxygen atoms in total. The van der Waals surface area contributed by atoms with Crippen molar-refractivity contribution in [3.63, 3.8) is 0 Å². The van der Waals surface area contributed by atoms with Crippen LogP contribution in [0.3, 0.4) is 0 Å². The summed E-state index contributed by atoms with van der Waals surface area (Å²) in [5.74, 6) is 0.766. The smallest absolute Gasteiger partial charge is 0.180 e. The number of imidazole rings is 1. The molecule has 0 aliphatic carbocycles. The topological polar surface area (TPSA) is 44.4 Å². The molecule has 3 aromatic heterocycles. The number of nitrogens with zero attached hydrogens (tertiary/aromatic N) is 4. The van der Waals surface area contributed by atoms with Crippen molar-refractivity contribution in [3.8, 4) is 17.0 Å². The molecule has 0 radical (unpaired) electrons. The minimum Gasteiger partial charge on any atom is -0.493 e. The Morgan fingerprint density at radius 2 is 2.18 bits per heavy atom. The lowest BCUT2D eigenvalue weighted by Gasteiger charge is -1.99. The standard InChI is InChI=1S/C12H12N4O/c1-15-7-9(6-13-15)10-8-16-5-3-4-11(17-2)12(16)14-10/h3-8H,1-2H3. The van der Waals surface area contributed by atoms with Gasteiger partial charge >= 0.3 is 0 Å². The van der Waals surface area contributed by atoms with Crippen molar-refractivity contribution >= 4 is 5.65 Å². The maximum absolute atomic E-state index is 5.28. The summed E-state index contributed by atoms with van der Waals surface area (Å²) in [6.07, 6.45) is 7.65. The maximum atomic E-state index is 5.28. The lowest BCUT2D eigenvalue weighted by molar-refractivity contribution is 0.417. The second-order valence-corrected chi connectivity index (χ2v) is 3.84. The molecule has 0 aromatic carbocycles. The minimum absolute atomic E-state index is 0.766. The van der Waals surface area contributed by atoms with E-state index in [1.54, 1.807) is 18.0 Å². The van der Waals surface area contributed by atoms with Gasteiger partial charge in [-0.25, -0.2) is 4.98 Å². The molecule has 0 saturated heterocycles. The van der Waals surface area contributed by atoms with Crippen molar-refractivity contribution in [2.45, 2.75) is 0 Å². The molecule has 3 aromatic rings. The van der Waals surface area contributed by atoms with Crippen LogP contribution in [0.15, 0.2) is 36.9 Å². The first-order valence-corrected chi connectivity index (χ1v) is 5.28. The highest BCUT2D eigenvalue weighted by Crippen LogP contribution is 2.23. The van der Waals surface area contributed by atoms with Gasteiger partial charge in [-0.1, -0.05) is 0 Å². The number of aromatic nitrogens is 4. The molecule has 0 bridgehead atoms. The number of fused-ring (bicyclic) bond motifs is 1. The van der Waals surface area contributed by atoms with E-state index in [1.165, 1.54) is 0 Å². The van der Waals surface area contributed by atoms with E-state index in [1.807, 2.05) is 42.2 Å². The summed E-state index contributed by atoms with van der Waals surface area (Å²) >= 11 is 0. The molecule has 0 N–H and O–H groups in total. The van der Waals surface area contributed by atoms with Gasteiger partial charge in [-0.2, -0.15) is 5.10 Å². The van der Waals surface area contributed by atoms with E-state index in [-0.39, 0.29) is 0 Å². The number of hydrogen-bond donors (Lipinski definition) is 0. The number of aryl methyl sites for hydroxylation is 1. The minimum atomic E-state index is 0.766. The van der Waals surface area contributed by atoms with Crippen molar-refractivity contribution < 1.29 is 4.74 Å². The molecule has 86 valence electrons. The van der Waals surface area contributed by atoms with Crippen LogP contribution in [0, 0.1) is 0 Å². The SMILES string of the molecule is COc1cccn2cc(-c3cnn(C)c3)nc12. The Morgan fingerprint density at radius 3 is 2.88 bits per heavy atom. The van der Waals surface area contributed by atoms with Crippen LogP contribution in [0.4, 0.5) is 0 Å². The van der Waals surface area contributed by atoms with Gasteiger partial charge in [0.2, 0.25) is 0 Å². The average molecular weight is 228 g/mol. The van der Waals surface area contributed by atoms with Crippen LogP contribution in [0.1, 0.15) is 0 Å². The van der Waals surface area contributed by atoms with E-state index in [0.717, 1.165) is 22.7 Å². The number of rotatable bonds is 2. The fraction of sp³-hybridized carbons (Fsp3) is 0.167. The van der Waals surface area contributed by atoms with Crippen LogP contribution >= 0.6 is 0 Å². The van der Waals surface area contributed by atoms with Gasteiger partial charge in [-0.15, -0.1) is 0 Å². The monoisotopic (exact) mass is 228 g/mol. The van der Waals surface area contributed by atoms with Gasteiger partial charge in [0, 0.05) is 31.2 Å². The largest absolute Gasteiger partial charge is 0.493 e. The van der Waals surface area contributed by atoms with E-state index in [0.29, 0.717) is 0 Å². The van der Waals surface area contributed by atoms with E-state index < -0.39 is 0 Å². The number of pyridine rings is 1. The molecule has 0 atom stereocenters. The predicted molar refractivity (Wildman–Crippen MR) is 63.9 cm³/mol. The van der Waals surface area contributed by atoms with Gasteiger partial charge in [0.15, 0.2) is 11.4 Å². The molecular weight excluding hydrogens is 216 g/mol. The van der Waals surface area contributed by atoms with Gasteiger partial charge in [-0.3, -0.25) is 4.68 Å². The number of methoxy groups -OCH3 is 1. The van der Waals surface area contributed by atoms with E-state index in [2.05, 4.69) is 10.1 Å². The van der Waals surface area contributed by atoms with Crippen molar-refractivity contribution in [3.05, 3.63) is 36.9 Å². The first-order valence-electron chi connectivity index (χ1n) is 5.28. The Kier molecular flexibility index (Phi) is 2.11. The summed E-state index contributed by atoms with van der Waals surface area (Å²) in [7, 11) is 3.54. The fourth-order valence-corrected chi connectivity index (χ4v) is 1.84. The zero-order valence-electron chi connectivity index (χ0n) is 9.66. The van der Waals surface area contributed by atoms with Crippen LogP contribution in [0.2, 0.25) is 0 Å². The van der Waals surface area contributed by atoms with Gasteiger partial charge in [0.1, 0.15) is 0 Å². The summed E-state index contributed by atoms with van der Waals surface area (Å²) in [6.45, 7) is 0. The molecular formula is C12H12N4O. The van der Waals surface area contributed by atoms with E-state index >= 15 is 0 Å². The molecule has 0 saturated carbocycles. The molecule has 3 heterocycles. The third-order valence-corrected chi connectivity index (χ3v) is 2.67. The summed E-state index contributed by atoms with van der Waals surface area (Å²) in [5.41, 5.74) is 2.70. The molecule has 5 heteroatoms. The lowest BCUT2D eigenvalue weighted by atomic mass is 10.3. The highest BCUT2D eigenvalue weighted by atomic mass is 16.5. The first kappa shape index (κ1) is 9.89. The lowest BCUT2D eigenvalue weighted by Crippen LogP contribution is -1.88. The summed E-state index contributed by atoms with van der Waals surface area (Å²) in [5, 5.41) is 4.14. The molecule has 3 rings (SSSR count). The quantitative estimate of drug-likeness (QED) is 0.671. The van der Waals surface area contributed by atoms with Gasteiger partial charge in [0.25, 0.3) is 0 Å². The highest BCUT2D eigenvalue weighted by molar-refractivity contribution is 5.64. The van der Waals surface area contributed by atoms with Crippen molar-refractivity contribution in [2.24, 2.45) is 7.05 Å². The summed E-state index contributed by atoms with van der Waals surface area (Å²) in [4.78, 5) is 4.55. The van der Waals surface area contributed by atoms with Crippen LogP contribution in [0.25, 0.3) is 16.9 Å². The van der Waals surface area contributed by atoms with E-state index in [9.17, 15) is 0 Å². The molecule has 0 unspecified atom stereocenters. The maximum Gasteiger partial charge on any atom is 0.180 e. The number of ether oxygens (including phenoxy) is 1. The third kappa shape index (κ3) is 1.56. The Labute approximate surface area is 98.3 Å². The Morgan fingerprint density at radius 1 is 1.29 bits per heavy atom. The zero-order chi connectivity index (χ0) is 11.8. The average Bonchev–Trinajstić information content (AvgIpc) is 2.93. The van der Waals surface area contributed by atoms with Gasteiger partial charge < -0.3 is 9.14 Å². The Bertz CT molecular complexity index is 668. The van der Waals surface area contributed by atoms with Crippen LogP contribution in [-0.4, -0.2) is 26.3 Å². The molecule has 0 fully saturated rings. The fourth-order valence-electron chi connectivity index (χ4n) is 1.84. The second-order valence-electron chi connectivity index (χ2n) is 3.84. The predicted octanol–water partition coefficient (Wildman–Crippen LogP) is 1.74. The second kappa shape index (κ2) is 3.62. The molecule has 0 amide bonds. The number of hydrogen-bond acceptors (Lipinski definition) is 3. The van der Waals surface area contributed by atoms with Crippen LogP contribution < -0.4 is 4.74 Å². The Balaban J connectivity index is 2.19. The molecule has 0 aliphatic heterocycles. The summed E-state index contributed by atoms with van der Waals surface area (Å²) < 4.78 is 8.98. The van der Waals surface area contributed by atoms with Crippen LogP contribution in [-0.2, 0) is 7.05 Å². The van der Waals surface area contributed by atoms with E-state index in [4.69, 9.17) is 4.74 Å². The third-order valence-electron chi connectivity index (χ3n) is 2.67. The molecule has 0 spiro atoms. The van der Waals surface area contributed by atoms with Gasteiger partial charge in [-0.05, 0) is 12.1 Å². The molecule has 17 heavy (non-hydrogen) atoms. The van der Waals surface area contributed by atoms with Crippen LogP contribution in [0.5, 0.6) is 5.75 Å². The normalized spacial score (nSPS) is 10.9. The van der Waals surface area contributed by atoms with Crippen molar-refractivity contribution in [1.29, 1.82) is 0 Å². The zero-order valence-corrected chi connectivity index (χ0v) is 9.66. The van der Waals surface area contributed by atoms with Crippen molar-refractivity contribution in [2.75, 3.05) is 7.11 Å². The highest BCUT2D eigenvalue weighted by Gasteiger charge is 2.09. The first-order chi connectivity index (χ1) is 8.28. The molecule has 0 aliphatic rings.